The van der Waals surface area contributed by atoms with Crippen LogP contribution < -0.4 is 0 Å². The van der Waals surface area contributed by atoms with Gasteiger partial charge in [-0.15, -0.1) is 0 Å². The molecule has 1 aromatic heterocycles. The molecule has 7 heteroatoms. The Bertz CT molecular complexity index is 821. The number of hydrogen-bond donors (Lipinski definition) is 0. The molecule has 0 spiro atoms. The van der Waals surface area contributed by atoms with E-state index in [1.165, 1.54) is 14.0 Å². The van der Waals surface area contributed by atoms with E-state index in [9.17, 15) is 18.0 Å². The summed E-state index contributed by atoms with van der Waals surface area (Å²) in [5.74, 6) is 4.82. The first-order valence-corrected chi connectivity index (χ1v) is 6.89. The van der Waals surface area contributed by atoms with Crippen molar-refractivity contribution in [3.63, 3.8) is 0 Å². The lowest BCUT2D eigenvalue weighted by molar-refractivity contribution is -0.140. The summed E-state index contributed by atoms with van der Waals surface area (Å²) in [6.07, 6.45) is -3.90. The molecule has 4 nitrogen and oxygen atoms in total. The third kappa shape index (κ3) is 4.32. The Hall–Kier alpha value is -2.88. The molecule has 0 atom stereocenters. The average molecular weight is 334 g/mol. The van der Waals surface area contributed by atoms with E-state index in [4.69, 9.17) is 0 Å². The lowest BCUT2D eigenvalue weighted by atomic mass is 10.0. The third-order valence-electron chi connectivity index (χ3n) is 3.11. The van der Waals surface area contributed by atoms with Gasteiger partial charge in [-0.1, -0.05) is 24.1 Å². The number of aromatic nitrogens is 2. The first kappa shape index (κ1) is 17.5. The number of aryl methyl sites for hydroxylation is 1. The largest absolute Gasteiger partial charge is 0.469 e. The van der Waals surface area contributed by atoms with Crippen LogP contribution in [0.25, 0.3) is 0 Å². The number of nitrogens with zero attached hydrogens (tertiary/aromatic N) is 2. The normalized spacial score (nSPS) is 10.7. The number of halogens is 3. The molecule has 0 bridgehead atoms. The summed E-state index contributed by atoms with van der Waals surface area (Å²) < 4.78 is 43.6. The highest BCUT2D eigenvalue weighted by Crippen LogP contribution is 2.30. The molecule has 0 saturated heterocycles. The smallest absolute Gasteiger partial charge is 0.420 e. The fraction of sp³-hybridized carbons (Fsp3) is 0.235. The van der Waals surface area contributed by atoms with Crippen molar-refractivity contribution >= 4 is 5.97 Å². The van der Waals surface area contributed by atoms with E-state index in [0.717, 1.165) is 0 Å². The molecule has 0 amide bonds. The molecule has 24 heavy (non-hydrogen) atoms. The van der Waals surface area contributed by atoms with Crippen LogP contribution in [0.3, 0.4) is 0 Å². The van der Waals surface area contributed by atoms with Gasteiger partial charge in [0.15, 0.2) is 0 Å². The van der Waals surface area contributed by atoms with Gasteiger partial charge in [0.05, 0.1) is 13.5 Å². The van der Waals surface area contributed by atoms with Crippen LogP contribution in [0.15, 0.2) is 30.5 Å². The second kappa shape index (κ2) is 7.13. The Morgan fingerprint density at radius 3 is 2.62 bits per heavy atom. The fourth-order valence-electron chi connectivity index (χ4n) is 1.92. The average Bonchev–Trinajstić information content (AvgIpc) is 2.52. The van der Waals surface area contributed by atoms with Crippen LogP contribution in [0.2, 0.25) is 0 Å². The molecule has 0 radical (unpaired) electrons. The van der Waals surface area contributed by atoms with Gasteiger partial charge in [-0.3, -0.25) is 4.79 Å². The molecule has 0 aliphatic heterocycles. The summed E-state index contributed by atoms with van der Waals surface area (Å²) in [6, 6.07) is 6.67. The van der Waals surface area contributed by atoms with Gasteiger partial charge in [-0.25, -0.2) is 9.97 Å². The maximum absolute atomic E-state index is 13.0. The van der Waals surface area contributed by atoms with Crippen molar-refractivity contribution in [1.82, 2.24) is 9.97 Å². The first-order chi connectivity index (χ1) is 11.3. The van der Waals surface area contributed by atoms with Gasteiger partial charge in [0.1, 0.15) is 17.1 Å². The van der Waals surface area contributed by atoms with Gasteiger partial charge >= 0.3 is 12.1 Å². The number of rotatable bonds is 2. The number of esters is 1. The van der Waals surface area contributed by atoms with Crippen molar-refractivity contribution in [3.8, 4) is 11.8 Å². The monoisotopic (exact) mass is 334 g/mol. The van der Waals surface area contributed by atoms with E-state index in [1.54, 1.807) is 24.3 Å². The van der Waals surface area contributed by atoms with Gasteiger partial charge in [0, 0.05) is 11.8 Å². The molecule has 2 aromatic rings. The minimum atomic E-state index is -4.59. The minimum absolute atomic E-state index is 0.0176. The molecule has 0 unspecified atom stereocenters. The number of carbonyl (C=O) groups is 1. The second-order valence-electron chi connectivity index (χ2n) is 4.84. The zero-order valence-electron chi connectivity index (χ0n) is 12.9. The highest BCUT2D eigenvalue weighted by atomic mass is 19.4. The van der Waals surface area contributed by atoms with E-state index in [0.29, 0.717) is 17.3 Å². The van der Waals surface area contributed by atoms with Gasteiger partial charge in [-0.05, 0) is 24.5 Å². The maximum atomic E-state index is 13.0. The van der Waals surface area contributed by atoms with E-state index in [2.05, 4.69) is 26.5 Å². The Labute approximate surface area is 136 Å². The standard InChI is InChI=1S/C17H13F3N2O2/c1-11-21-10-14(17(18,19)20)15(22-11)8-7-12-5-3-4-6-13(12)9-16(23)24-2/h3-6,10H,9H2,1-2H3. The quantitative estimate of drug-likeness (QED) is 0.626. The second-order valence-corrected chi connectivity index (χ2v) is 4.84. The van der Waals surface area contributed by atoms with Crippen LogP contribution in [0.1, 0.15) is 28.2 Å². The van der Waals surface area contributed by atoms with E-state index < -0.39 is 23.4 Å². The van der Waals surface area contributed by atoms with Gasteiger partial charge in [0.2, 0.25) is 0 Å². The molecule has 0 saturated carbocycles. The lowest BCUT2D eigenvalue weighted by Crippen LogP contribution is -2.11. The lowest BCUT2D eigenvalue weighted by Gasteiger charge is -2.08. The third-order valence-corrected chi connectivity index (χ3v) is 3.11. The van der Waals surface area contributed by atoms with Crippen LogP contribution >= 0.6 is 0 Å². The first-order valence-electron chi connectivity index (χ1n) is 6.89. The fourth-order valence-corrected chi connectivity index (χ4v) is 1.92. The Balaban J connectivity index is 2.45. The van der Waals surface area contributed by atoms with Crippen LogP contribution in [-0.2, 0) is 22.1 Å². The van der Waals surface area contributed by atoms with Gasteiger partial charge < -0.3 is 4.74 Å². The Kier molecular flexibility index (Phi) is 5.19. The number of hydrogen-bond acceptors (Lipinski definition) is 4. The predicted octanol–water partition coefficient (Wildman–Crippen LogP) is 2.92. The molecule has 0 aliphatic carbocycles. The summed E-state index contributed by atoms with van der Waals surface area (Å²) in [4.78, 5) is 18.7. The SMILES string of the molecule is COC(=O)Cc1ccccc1C#Cc1nc(C)ncc1C(F)(F)F. The summed E-state index contributed by atoms with van der Waals surface area (Å²) in [5, 5.41) is 0. The number of benzene rings is 1. The zero-order chi connectivity index (χ0) is 17.7. The molecular weight excluding hydrogens is 321 g/mol. The predicted molar refractivity (Wildman–Crippen MR) is 79.9 cm³/mol. The van der Waals surface area contributed by atoms with Crippen molar-refractivity contribution in [2.24, 2.45) is 0 Å². The van der Waals surface area contributed by atoms with Gasteiger partial charge in [-0.2, -0.15) is 13.2 Å². The summed E-state index contributed by atoms with van der Waals surface area (Å²) in [5.41, 5.74) is -0.391. The summed E-state index contributed by atoms with van der Waals surface area (Å²) in [7, 11) is 1.26. The molecule has 1 heterocycles. The van der Waals surface area contributed by atoms with Gasteiger partial charge in [0.25, 0.3) is 0 Å². The topological polar surface area (TPSA) is 52.1 Å². The Morgan fingerprint density at radius 1 is 1.25 bits per heavy atom. The summed E-state index contributed by atoms with van der Waals surface area (Å²) >= 11 is 0. The van der Waals surface area contributed by atoms with Crippen molar-refractivity contribution in [3.05, 3.63) is 58.7 Å². The number of alkyl halides is 3. The molecule has 1 aromatic carbocycles. The highest BCUT2D eigenvalue weighted by molar-refractivity contribution is 5.73. The van der Waals surface area contributed by atoms with Crippen LogP contribution in [0.4, 0.5) is 13.2 Å². The number of methoxy groups -OCH3 is 1. The molecule has 124 valence electrons. The van der Waals surface area contributed by atoms with Crippen molar-refractivity contribution in [2.45, 2.75) is 19.5 Å². The van der Waals surface area contributed by atoms with Crippen molar-refractivity contribution < 1.29 is 22.7 Å². The van der Waals surface area contributed by atoms with Crippen LogP contribution in [0.5, 0.6) is 0 Å². The number of ether oxygens (including phenoxy) is 1. The van der Waals surface area contributed by atoms with Crippen LogP contribution in [-0.4, -0.2) is 23.0 Å². The molecule has 0 aliphatic rings. The Morgan fingerprint density at radius 2 is 1.96 bits per heavy atom. The van der Waals surface area contributed by atoms with E-state index >= 15 is 0 Å². The number of carbonyl (C=O) groups excluding carboxylic acids is 1. The van der Waals surface area contributed by atoms with E-state index in [-0.39, 0.29) is 12.2 Å². The summed E-state index contributed by atoms with van der Waals surface area (Å²) in [6.45, 7) is 1.48. The van der Waals surface area contributed by atoms with Crippen molar-refractivity contribution in [1.29, 1.82) is 0 Å². The molecule has 0 fully saturated rings. The van der Waals surface area contributed by atoms with E-state index in [1.807, 2.05) is 0 Å². The maximum Gasteiger partial charge on any atom is 0.420 e. The molecular formula is C17H13F3N2O2. The molecule has 2 rings (SSSR count). The molecule has 0 N–H and O–H groups in total. The van der Waals surface area contributed by atoms with Crippen LogP contribution in [0, 0.1) is 18.8 Å². The highest BCUT2D eigenvalue weighted by Gasteiger charge is 2.34. The zero-order valence-corrected chi connectivity index (χ0v) is 12.9. The van der Waals surface area contributed by atoms with Crippen molar-refractivity contribution in [2.75, 3.05) is 7.11 Å². The minimum Gasteiger partial charge on any atom is -0.469 e.